The number of aromatic nitrogens is 1. The van der Waals surface area contributed by atoms with Crippen molar-refractivity contribution in [1.82, 2.24) is 4.98 Å². The maximum Gasteiger partial charge on any atom is 0.229 e. The van der Waals surface area contributed by atoms with Crippen LogP contribution in [-0.2, 0) is 9.59 Å². The number of rotatable bonds is 5. The van der Waals surface area contributed by atoms with E-state index in [1.54, 1.807) is 11.1 Å². The van der Waals surface area contributed by atoms with Gasteiger partial charge in [0.05, 0.1) is 28.9 Å². The summed E-state index contributed by atoms with van der Waals surface area (Å²) >= 11 is 0. The maximum atomic E-state index is 12.9. The summed E-state index contributed by atoms with van der Waals surface area (Å²) in [5.41, 5.74) is 2.09. The van der Waals surface area contributed by atoms with Gasteiger partial charge in [-0.25, -0.2) is 0 Å². The molecule has 6 heteroatoms. The van der Waals surface area contributed by atoms with E-state index in [-0.39, 0.29) is 24.3 Å². The number of fused-ring (bicyclic) bond motifs is 1. The third kappa shape index (κ3) is 3.92. The van der Waals surface area contributed by atoms with Gasteiger partial charge in [0.2, 0.25) is 11.8 Å². The highest BCUT2D eigenvalue weighted by atomic mass is 16.5. The molecule has 2 heterocycles. The Bertz CT molecular complexity index is 1060. The van der Waals surface area contributed by atoms with Gasteiger partial charge >= 0.3 is 0 Å². The van der Waals surface area contributed by atoms with Gasteiger partial charge in [0, 0.05) is 24.5 Å². The predicted octanol–water partition coefficient (Wildman–Crippen LogP) is 4.01. The molecule has 0 radical (unpaired) electrons. The van der Waals surface area contributed by atoms with Gasteiger partial charge < -0.3 is 15.0 Å². The van der Waals surface area contributed by atoms with Crippen LogP contribution >= 0.6 is 0 Å². The minimum absolute atomic E-state index is 0.00758. The number of carbonyl (C=O) groups is 2. The number of pyridine rings is 1. The van der Waals surface area contributed by atoms with Crippen molar-refractivity contribution < 1.29 is 14.3 Å². The molecular formula is C23H23N3O3. The lowest BCUT2D eigenvalue weighted by atomic mass is 10.1. The zero-order valence-corrected chi connectivity index (χ0v) is 16.5. The molecule has 0 saturated carbocycles. The van der Waals surface area contributed by atoms with E-state index in [0.717, 1.165) is 10.9 Å². The second-order valence-electron chi connectivity index (χ2n) is 7.41. The molecule has 2 aromatic carbocycles. The monoisotopic (exact) mass is 389 g/mol. The van der Waals surface area contributed by atoms with E-state index in [2.05, 4.69) is 10.3 Å². The van der Waals surface area contributed by atoms with E-state index in [1.807, 2.05) is 68.4 Å². The SMILES string of the molecule is CC(C)Oc1ccccc1N1CC(C(=O)Nc2cccc3cccnc23)CC1=O. The first-order valence-corrected chi connectivity index (χ1v) is 9.73. The minimum Gasteiger partial charge on any atom is -0.489 e. The van der Waals surface area contributed by atoms with Crippen molar-refractivity contribution >= 4 is 34.1 Å². The van der Waals surface area contributed by atoms with Crippen LogP contribution in [0.3, 0.4) is 0 Å². The highest BCUT2D eigenvalue weighted by Gasteiger charge is 2.36. The van der Waals surface area contributed by atoms with E-state index >= 15 is 0 Å². The Hall–Kier alpha value is -3.41. The van der Waals surface area contributed by atoms with Gasteiger partial charge in [0.1, 0.15) is 5.75 Å². The van der Waals surface area contributed by atoms with Crippen molar-refractivity contribution in [2.45, 2.75) is 26.4 Å². The van der Waals surface area contributed by atoms with Crippen LogP contribution in [0.5, 0.6) is 5.75 Å². The second-order valence-corrected chi connectivity index (χ2v) is 7.41. The molecule has 1 atom stereocenters. The van der Waals surface area contributed by atoms with Crippen LogP contribution in [0.4, 0.5) is 11.4 Å². The third-order valence-corrected chi connectivity index (χ3v) is 4.91. The van der Waals surface area contributed by atoms with Crippen molar-refractivity contribution in [2.75, 3.05) is 16.8 Å². The molecule has 6 nitrogen and oxygen atoms in total. The minimum atomic E-state index is -0.437. The first kappa shape index (κ1) is 18.9. The summed E-state index contributed by atoms with van der Waals surface area (Å²) in [6.45, 7) is 4.20. The van der Waals surface area contributed by atoms with E-state index in [1.165, 1.54) is 0 Å². The lowest BCUT2D eigenvalue weighted by Gasteiger charge is -2.21. The van der Waals surface area contributed by atoms with E-state index in [9.17, 15) is 9.59 Å². The van der Waals surface area contributed by atoms with Crippen molar-refractivity contribution in [1.29, 1.82) is 0 Å². The summed E-state index contributed by atoms with van der Waals surface area (Å²) in [5, 5.41) is 3.91. The van der Waals surface area contributed by atoms with Crippen LogP contribution in [0.2, 0.25) is 0 Å². The van der Waals surface area contributed by atoms with Crippen LogP contribution in [0, 0.1) is 5.92 Å². The van der Waals surface area contributed by atoms with Gasteiger partial charge in [0.15, 0.2) is 0 Å². The Morgan fingerprint density at radius 2 is 1.93 bits per heavy atom. The number of carbonyl (C=O) groups excluding carboxylic acids is 2. The number of para-hydroxylation sites is 3. The molecule has 148 valence electrons. The fourth-order valence-corrected chi connectivity index (χ4v) is 3.59. The van der Waals surface area contributed by atoms with Crippen molar-refractivity contribution in [2.24, 2.45) is 5.92 Å². The summed E-state index contributed by atoms with van der Waals surface area (Å²) in [7, 11) is 0. The van der Waals surface area contributed by atoms with Crippen LogP contribution in [0.25, 0.3) is 10.9 Å². The van der Waals surface area contributed by atoms with Crippen LogP contribution < -0.4 is 15.0 Å². The Morgan fingerprint density at radius 3 is 2.76 bits per heavy atom. The second kappa shape index (κ2) is 7.91. The summed E-state index contributed by atoms with van der Waals surface area (Å²) in [5.74, 6) is -0.0500. The molecule has 0 spiro atoms. The number of benzene rings is 2. The highest BCUT2D eigenvalue weighted by Crippen LogP contribution is 2.34. The maximum absolute atomic E-state index is 12.9. The van der Waals surface area contributed by atoms with Gasteiger partial charge in [-0.05, 0) is 38.1 Å². The third-order valence-electron chi connectivity index (χ3n) is 4.91. The predicted molar refractivity (Wildman–Crippen MR) is 113 cm³/mol. The molecule has 29 heavy (non-hydrogen) atoms. The first-order valence-electron chi connectivity index (χ1n) is 9.73. The lowest BCUT2D eigenvalue weighted by molar-refractivity contribution is -0.122. The quantitative estimate of drug-likeness (QED) is 0.716. The van der Waals surface area contributed by atoms with Crippen LogP contribution in [-0.4, -0.2) is 29.4 Å². The molecule has 1 aliphatic rings. The van der Waals surface area contributed by atoms with Crippen molar-refractivity contribution in [3.8, 4) is 5.75 Å². The number of amides is 2. The summed E-state index contributed by atoms with van der Waals surface area (Å²) in [6.07, 6.45) is 1.86. The fraction of sp³-hybridized carbons (Fsp3) is 0.261. The number of nitrogens with one attached hydrogen (secondary N) is 1. The topological polar surface area (TPSA) is 71.5 Å². The number of nitrogens with zero attached hydrogens (tertiary/aromatic N) is 2. The molecule has 1 saturated heterocycles. The van der Waals surface area contributed by atoms with Crippen LogP contribution in [0.15, 0.2) is 60.8 Å². The zero-order chi connectivity index (χ0) is 20.4. The normalized spacial score (nSPS) is 16.4. The summed E-state index contributed by atoms with van der Waals surface area (Å²) in [6, 6.07) is 16.9. The Labute approximate surface area is 169 Å². The standard InChI is InChI=1S/C23H23N3O3/c1-15(2)29-20-11-4-3-10-19(20)26-14-17(13-21(26)27)23(28)25-18-9-5-7-16-8-6-12-24-22(16)18/h3-12,15,17H,13-14H2,1-2H3,(H,25,28). The number of anilines is 2. The first-order chi connectivity index (χ1) is 14.0. The number of hydrogen-bond acceptors (Lipinski definition) is 4. The van der Waals surface area contributed by atoms with E-state index < -0.39 is 5.92 Å². The molecular weight excluding hydrogens is 366 g/mol. The Balaban J connectivity index is 1.53. The summed E-state index contributed by atoms with van der Waals surface area (Å²) in [4.78, 5) is 31.6. The van der Waals surface area contributed by atoms with E-state index in [0.29, 0.717) is 23.7 Å². The molecule has 3 aromatic rings. The molecule has 1 unspecified atom stereocenters. The molecule has 1 aromatic heterocycles. The molecule has 4 rings (SSSR count). The number of hydrogen-bond donors (Lipinski definition) is 1. The highest BCUT2D eigenvalue weighted by molar-refractivity contribution is 6.06. The van der Waals surface area contributed by atoms with E-state index in [4.69, 9.17) is 4.74 Å². The molecule has 0 bridgehead atoms. The average molecular weight is 389 g/mol. The Kier molecular flexibility index (Phi) is 5.16. The fourth-order valence-electron chi connectivity index (χ4n) is 3.59. The van der Waals surface area contributed by atoms with Gasteiger partial charge in [-0.2, -0.15) is 0 Å². The zero-order valence-electron chi connectivity index (χ0n) is 16.5. The van der Waals surface area contributed by atoms with Crippen molar-refractivity contribution in [3.63, 3.8) is 0 Å². The van der Waals surface area contributed by atoms with Gasteiger partial charge in [0.25, 0.3) is 0 Å². The van der Waals surface area contributed by atoms with Crippen LogP contribution in [0.1, 0.15) is 20.3 Å². The van der Waals surface area contributed by atoms with Gasteiger partial charge in [-0.1, -0.05) is 30.3 Å². The van der Waals surface area contributed by atoms with Crippen molar-refractivity contribution in [3.05, 3.63) is 60.8 Å². The largest absolute Gasteiger partial charge is 0.489 e. The molecule has 2 amide bonds. The number of ether oxygens (including phenoxy) is 1. The molecule has 1 N–H and O–H groups in total. The van der Waals surface area contributed by atoms with Gasteiger partial charge in [-0.15, -0.1) is 0 Å². The lowest BCUT2D eigenvalue weighted by Crippen LogP contribution is -2.28. The molecule has 1 aliphatic heterocycles. The molecule has 0 aliphatic carbocycles. The Morgan fingerprint density at radius 1 is 1.14 bits per heavy atom. The smallest absolute Gasteiger partial charge is 0.229 e. The van der Waals surface area contributed by atoms with Gasteiger partial charge in [-0.3, -0.25) is 14.6 Å². The average Bonchev–Trinajstić information content (AvgIpc) is 3.10. The molecule has 1 fully saturated rings. The summed E-state index contributed by atoms with van der Waals surface area (Å²) < 4.78 is 5.84.